The summed E-state index contributed by atoms with van der Waals surface area (Å²) in [4.78, 5) is 37.7. The molecule has 0 saturated carbocycles. The van der Waals surface area contributed by atoms with Crippen molar-refractivity contribution in [2.24, 2.45) is 5.41 Å². The van der Waals surface area contributed by atoms with Gasteiger partial charge >= 0.3 is 0 Å². The van der Waals surface area contributed by atoms with Crippen molar-refractivity contribution in [3.05, 3.63) is 57.9 Å². The van der Waals surface area contributed by atoms with Crippen molar-refractivity contribution < 1.29 is 4.79 Å². The Bertz CT molecular complexity index is 1640. The predicted molar refractivity (Wildman–Crippen MR) is 152 cm³/mol. The molecule has 202 valence electrons. The quantitative estimate of drug-likeness (QED) is 0.393. The Kier molecular flexibility index (Phi) is 5.91. The number of carbonyl (C=O) groups excluding carboxylic acids is 1. The molecule has 0 radical (unpaired) electrons. The second kappa shape index (κ2) is 9.35. The molecule has 3 saturated heterocycles. The summed E-state index contributed by atoms with van der Waals surface area (Å²) in [6.45, 7) is 11.8. The van der Waals surface area contributed by atoms with Crippen molar-refractivity contribution in [1.29, 1.82) is 0 Å². The summed E-state index contributed by atoms with van der Waals surface area (Å²) in [5.74, 6) is 0.245. The number of H-pyrrole nitrogens is 1. The lowest BCUT2D eigenvalue weighted by Crippen LogP contribution is -2.72. The molecule has 5 heterocycles. The van der Waals surface area contributed by atoms with E-state index in [1.165, 1.54) is 17.3 Å². The van der Waals surface area contributed by atoms with Crippen molar-refractivity contribution in [2.45, 2.75) is 23.8 Å². The first-order valence-corrected chi connectivity index (χ1v) is 14.3. The van der Waals surface area contributed by atoms with E-state index in [1.807, 2.05) is 23.1 Å². The molecule has 4 aromatic rings. The van der Waals surface area contributed by atoms with E-state index in [1.54, 1.807) is 4.52 Å². The van der Waals surface area contributed by atoms with Crippen LogP contribution in [0.1, 0.15) is 11.1 Å². The summed E-state index contributed by atoms with van der Waals surface area (Å²) in [5, 5.41) is 12.1. The maximum Gasteiger partial charge on any atom is 0.281 e. The molecule has 11 heteroatoms. The molecule has 0 aliphatic carbocycles. The third-order valence-electron chi connectivity index (χ3n) is 8.35. The number of carbonyl (C=O) groups is 1. The highest BCUT2D eigenvalue weighted by Crippen LogP contribution is 2.34. The molecule has 0 bridgehead atoms. The van der Waals surface area contributed by atoms with E-state index < -0.39 is 0 Å². The van der Waals surface area contributed by atoms with Gasteiger partial charge in [-0.15, -0.1) is 5.10 Å². The zero-order valence-electron chi connectivity index (χ0n) is 22.2. The van der Waals surface area contributed by atoms with E-state index in [2.05, 4.69) is 62.5 Å². The smallest absolute Gasteiger partial charge is 0.281 e. The van der Waals surface area contributed by atoms with Gasteiger partial charge in [-0.25, -0.2) is 9.73 Å². The van der Waals surface area contributed by atoms with Gasteiger partial charge in [0.05, 0.1) is 17.4 Å². The lowest BCUT2D eigenvalue weighted by molar-refractivity contribution is -0.148. The van der Waals surface area contributed by atoms with Crippen molar-refractivity contribution >= 4 is 39.9 Å². The zero-order chi connectivity index (χ0) is 26.7. The number of fused-ring (bicyclic) bond motifs is 3. The minimum absolute atomic E-state index is 0.245. The van der Waals surface area contributed by atoms with E-state index in [0.29, 0.717) is 28.0 Å². The molecule has 3 fully saturated rings. The average Bonchev–Trinajstić information content (AvgIpc) is 3.27. The Balaban J connectivity index is 1.07. The second-order valence-electron chi connectivity index (χ2n) is 11.3. The molecule has 7 rings (SSSR count). The summed E-state index contributed by atoms with van der Waals surface area (Å²) >= 11 is 1.51. The topological polar surface area (TPSA) is 102 Å². The number of piperazine rings is 1. The molecule has 3 aliphatic rings. The van der Waals surface area contributed by atoms with Crippen molar-refractivity contribution in [3.8, 4) is 0 Å². The minimum Gasteiger partial charge on any atom is -0.369 e. The number of anilines is 1. The largest absolute Gasteiger partial charge is 0.369 e. The third kappa shape index (κ3) is 4.38. The summed E-state index contributed by atoms with van der Waals surface area (Å²) < 4.78 is 1.80. The Morgan fingerprint density at radius 2 is 1.85 bits per heavy atom. The van der Waals surface area contributed by atoms with E-state index in [0.717, 1.165) is 74.0 Å². The van der Waals surface area contributed by atoms with Gasteiger partial charge in [0.15, 0.2) is 10.7 Å². The van der Waals surface area contributed by atoms with E-state index in [-0.39, 0.29) is 11.5 Å². The van der Waals surface area contributed by atoms with Crippen LogP contribution in [0.5, 0.6) is 0 Å². The highest BCUT2D eigenvalue weighted by atomic mass is 32.2. The Hall–Kier alpha value is -3.41. The number of rotatable bonds is 5. The monoisotopic (exact) mass is 544 g/mol. The van der Waals surface area contributed by atoms with Crippen LogP contribution in [0, 0.1) is 19.3 Å². The Morgan fingerprint density at radius 1 is 1.05 bits per heavy atom. The van der Waals surface area contributed by atoms with Crippen LogP contribution in [-0.4, -0.2) is 94.4 Å². The maximum absolute atomic E-state index is 13.0. The van der Waals surface area contributed by atoms with Crippen LogP contribution in [-0.2, 0) is 4.79 Å². The number of amides is 1. The first kappa shape index (κ1) is 24.6. The average molecular weight is 545 g/mol. The van der Waals surface area contributed by atoms with Gasteiger partial charge in [0.2, 0.25) is 5.91 Å². The summed E-state index contributed by atoms with van der Waals surface area (Å²) in [5.41, 5.74) is 4.82. The number of hydrogen-bond acceptors (Lipinski definition) is 8. The number of nitrogens with one attached hydrogen (secondary N) is 2. The molecule has 1 spiro atoms. The van der Waals surface area contributed by atoms with Gasteiger partial charge in [-0.2, -0.15) is 4.98 Å². The summed E-state index contributed by atoms with van der Waals surface area (Å²) in [7, 11) is 0. The van der Waals surface area contributed by atoms with Crippen LogP contribution in [0.15, 0.2) is 51.1 Å². The molecule has 10 nitrogen and oxygen atoms in total. The number of aryl methyl sites for hydroxylation is 2. The number of benzene rings is 2. The zero-order valence-corrected chi connectivity index (χ0v) is 23.1. The third-order valence-corrected chi connectivity index (χ3v) is 9.50. The van der Waals surface area contributed by atoms with Crippen LogP contribution < -0.4 is 15.8 Å². The van der Waals surface area contributed by atoms with E-state index in [4.69, 9.17) is 0 Å². The molecular formula is C28H32N8O2S. The standard InChI is InChI=1S/C28H32N8O2S/c1-18-3-6-23(19(2)11-18)39-27-25-30-26(38)21-5-4-20(12-22(21)36(25)32-31-27)34-9-7-33(8-10-34)13-24(37)35-16-28(17-35)14-29-15-28/h3-6,11-12,29,32H,7-10,13-17H2,1-2H3. The van der Waals surface area contributed by atoms with Crippen LogP contribution in [0.4, 0.5) is 5.69 Å². The van der Waals surface area contributed by atoms with Crippen molar-refractivity contribution in [3.63, 3.8) is 0 Å². The van der Waals surface area contributed by atoms with Crippen molar-refractivity contribution in [2.75, 3.05) is 63.8 Å². The lowest BCUT2D eigenvalue weighted by Gasteiger charge is -2.56. The van der Waals surface area contributed by atoms with E-state index in [9.17, 15) is 9.59 Å². The first-order chi connectivity index (χ1) is 18.9. The molecule has 2 aromatic heterocycles. The van der Waals surface area contributed by atoms with E-state index >= 15 is 0 Å². The van der Waals surface area contributed by atoms with Gasteiger partial charge in [0, 0.05) is 68.4 Å². The highest BCUT2D eigenvalue weighted by Gasteiger charge is 2.49. The van der Waals surface area contributed by atoms with Gasteiger partial charge < -0.3 is 15.1 Å². The normalized spacial score (nSPS) is 19.0. The fourth-order valence-corrected chi connectivity index (χ4v) is 6.86. The van der Waals surface area contributed by atoms with Crippen LogP contribution in [0.25, 0.3) is 16.6 Å². The number of likely N-dealkylation sites (tertiary alicyclic amines) is 1. The fourth-order valence-electron chi connectivity index (χ4n) is 5.98. The SMILES string of the molecule is Cc1ccc(Sc2n[nH]n3c2nc(=O)c2ccc(N4CCN(CC(=O)N5CC6(CNC6)C5)CC4)cc23)c(C)c1. The summed E-state index contributed by atoms with van der Waals surface area (Å²) in [6, 6.07) is 12.2. The van der Waals surface area contributed by atoms with Crippen LogP contribution in [0.3, 0.4) is 0 Å². The lowest BCUT2D eigenvalue weighted by atomic mass is 9.74. The van der Waals surface area contributed by atoms with Crippen LogP contribution >= 0.6 is 11.8 Å². The highest BCUT2D eigenvalue weighted by molar-refractivity contribution is 7.99. The molecule has 0 atom stereocenters. The number of nitrogens with zero attached hydrogens (tertiary/aromatic N) is 6. The molecule has 0 unspecified atom stereocenters. The predicted octanol–water partition coefficient (Wildman–Crippen LogP) is 1.89. The molecule has 1 amide bonds. The molecule has 3 aliphatic heterocycles. The molecule has 39 heavy (non-hydrogen) atoms. The van der Waals surface area contributed by atoms with Crippen molar-refractivity contribution in [1.82, 2.24) is 34.9 Å². The number of aromatic nitrogens is 4. The second-order valence-corrected chi connectivity index (χ2v) is 12.3. The van der Waals surface area contributed by atoms with Gasteiger partial charge in [0.25, 0.3) is 5.56 Å². The van der Waals surface area contributed by atoms with Gasteiger partial charge in [-0.1, -0.05) is 29.5 Å². The van der Waals surface area contributed by atoms with Gasteiger partial charge in [-0.05, 0) is 43.7 Å². The first-order valence-electron chi connectivity index (χ1n) is 13.5. The molecule has 2 aromatic carbocycles. The summed E-state index contributed by atoms with van der Waals surface area (Å²) in [6.07, 6.45) is 0. The molecule has 2 N–H and O–H groups in total. The molecular weight excluding hydrogens is 512 g/mol. The minimum atomic E-state index is -0.255. The number of aromatic amines is 1. The number of hydrogen-bond donors (Lipinski definition) is 2. The maximum atomic E-state index is 13.0. The van der Waals surface area contributed by atoms with Gasteiger partial charge in [-0.3, -0.25) is 14.5 Å². The van der Waals surface area contributed by atoms with Crippen LogP contribution in [0.2, 0.25) is 0 Å². The Morgan fingerprint density at radius 3 is 2.56 bits per heavy atom. The Labute approximate surface area is 230 Å². The fraction of sp³-hybridized carbons (Fsp3) is 0.429. The van der Waals surface area contributed by atoms with Gasteiger partial charge in [0.1, 0.15) is 0 Å².